The third kappa shape index (κ3) is 3.47. The average molecular weight is 310 g/mol. The van der Waals surface area contributed by atoms with Gasteiger partial charge in [0.05, 0.1) is 12.8 Å². The maximum absolute atomic E-state index is 12.4. The molecule has 3 rings (SSSR count). The van der Waals surface area contributed by atoms with Crippen molar-refractivity contribution >= 4 is 17.3 Å². The van der Waals surface area contributed by atoms with E-state index in [0.717, 1.165) is 24.3 Å². The minimum Gasteiger partial charge on any atom is -0.495 e. The SMILES string of the molecule is COc1ccc(N2CCCC2)cc1NC(=O)c1ccc(C)cc1. The van der Waals surface area contributed by atoms with Gasteiger partial charge in [-0.05, 0) is 50.1 Å². The summed E-state index contributed by atoms with van der Waals surface area (Å²) in [6, 6.07) is 13.5. The number of carbonyl (C=O) groups excluding carboxylic acids is 1. The summed E-state index contributed by atoms with van der Waals surface area (Å²) in [6.45, 7) is 4.14. The zero-order valence-corrected chi connectivity index (χ0v) is 13.6. The fourth-order valence-corrected chi connectivity index (χ4v) is 2.87. The number of anilines is 2. The van der Waals surface area contributed by atoms with Gasteiger partial charge in [-0.1, -0.05) is 17.7 Å². The Hall–Kier alpha value is -2.49. The summed E-state index contributed by atoms with van der Waals surface area (Å²) in [5.74, 6) is 0.551. The lowest BCUT2D eigenvalue weighted by Gasteiger charge is -2.20. The Morgan fingerprint density at radius 2 is 1.78 bits per heavy atom. The van der Waals surface area contributed by atoms with E-state index >= 15 is 0 Å². The van der Waals surface area contributed by atoms with E-state index < -0.39 is 0 Å². The fraction of sp³-hybridized carbons (Fsp3) is 0.316. The molecule has 2 aromatic carbocycles. The lowest BCUT2D eigenvalue weighted by Crippen LogP contribution is -2.18. The lowest BCUT2D eigenvalue weighted by atomic mass is 10.1. The first-order valence-corrected chi connectivity index (χ1v) is 7.98. The first kappa shape index (κ1) is 15.4. The number of methoxy groups -OCH3 is 1. The highest BCUT2D eigenvalue weighted by atomic mass is 16.5. The Morgan fingerprint density at radius 1 is 1.09 bits per heavy atom. The standard InChI is InChI=1S/C19H22N2O2/c1-14-5-7-15(8-6-14)19(22)20-17-13-16(9-10-18(17)23-2)21-11-3-4-12-21/h5-10,13H,3-4,11-12H2,1-2H3,(H,20,22). The number of benzene rings is 2. The van der Waals surface area contributed by atoms with E-state index in [1.165, 1.54) is 12.8 Å². The molecule has 1 amide bonds. The van der Waals surface area contributed by atoms with E-state index in [-0.39, 0.29) is 5.91 Å². The Morgan fingerprint density at radius 3 is 2.43 bits per heavy atom. The lowest BCUT2D eigenvalue weighted by molar-refractivity contribution is 0.102. The maximum atomic E-state index is 12.4. The van der Waals surface area contributed by atoms with Gasteiger partial charge in [0, 0.05) is 24.3 Å². The first-order valence-electron chi connectivity index (χ1n) is 7.98. The molecule has 1 fully saturated rings. The van der Waals surface area contributed by atoms with Gasteiger partial charge in [-0.2, -0.15) is 0 Å². The predicted octanol–water partition coefficient (Wildman–Crippen LogP) is 3.86. The molecule has 120 valence electrons. The number of hydrogen-bond acceptors (Lipinski definition) is 3. The van der Waals surface area contributed by atoms with Crippen molar-refractivity contribution in [3.63, 3.8) is 0 Å². The van der Waals surface area contributed by atoms with Crippen LogP contribution in [0.2, 0.25) is 0 Å². The van der Waals surface area contributed by atoms with Gasteiger partial charge in [-0.3, -0.25) is 4.79 Å². The van der Waals surface area contributed by atoms with Crippen LogP contribution < -0.4 is 15.0 Å². The number of aryl methyl sites for hydroxylation is 1. The quantitative estimate of drug-likeness (QED) is 0.932. The minimum atomic E-state index is -0.123. The van der Waals surface area contributed by atoms with Gasteiger partial charge in [-0.25, -0.2) is 0 Å². The van der Waals surface area contributed by atoms with Gasteiger partial charge in [0.1, 0.15) is 5.75 Å². The number of nitrogens with one attached hydrogen (secondary N) is 1. The summed E-state index contributed by atoms with van der Waals surface area (Å²) in [7, 11) is 1.62. The van der Waals surface area contributed by atoms with Crippen molar-refractivity contribution in [1.82, 2.24) is 0 Å². The molecule has 0 aliphatic carbocycles. The summed E-state index contributed by atoms with van der Waals surface area (Å²) in [5, 5.41) is 2.97. The summed E-state index contributed by atoms with van der Waals surface area (Å²) in [6.07, 6.45) is 2.44. The molecule has 4 heteroatoms. The van der Waals surface area contributed by atoms with Gasteiger partial charge in [0.25, 0.3) is 5.91 Å². The first-order chi connectivity index (χ1) is 11.2. The molecule has 0 atom stereocenters. The highest BCUT2D eigenvalue weighted by Crippen LogP contribution is 2.31. The van der Waals surface area contributed by atoms with E-state index in [1.54, 1.807) is 7.11 Å². The molecule has 1 N–H and O–H groups in total. The molecule has 23 heavy (non-hydrogen) atoms. The van der Waals surface area contributed by atoms with Crippen LogP contribution in [0.5, 0.6) is 5.75 Å². The molecule has 0 spiro atoms. The van der Waals surface area contributed by atoms with Gasteiger partial charge in [0.15, 0.2) is 0 Å². The summed E-state index contributed by atoms with van der Waals surface area (Å²) in [4.78, 5) is 14.8. The number of ether oxygens (including phenoxy) is 1. The highest BCUT2D eigenvalue weighted by molar-refractivity contribution is 6.05. The van der Waals surface area contributed by atoms with Crippen LogP contribution in [0.25, 0.3) is 0 Å². The predicted molar refractivity (Wildman–Crippen MR) is 93.6 cm³/mol. The van der Waals surface area contributed by atoms with E-state index in [1.807, 2.05) is 49.4 Å². The van der Waals surface area contributed by atoms with Crippen LogP contribution >= 0.6 is 0 Å². The molecule has 0 bridgehead atoms. The van der Waals surface area contributed by atoms with Gasteiger partial charge in [0.2, 0.25) is 0 Å². The normalized spacial score (nSPS) is 13.9. The largest absolute Gasteiger partial charge is 0.495 e. The smallest absolute Gasteiger partial charge is 0.255 e. The van der Waals surface area contributed by atoms with Crippen molar-refractivity contribution in [2.24, 2.45) is 0 Å². The average Bonchev–Trinajstić information content (AvgIpc) is 3.10. The van der Waals surface area contributed by atoms with Gasteiger partial charge < -0.3 is 15.0 Å². The summed E-state index contributed by atoms with van der Waals surface area (Å²) >= 11 is 0. The van der Waals surface area contributed by atoms with Crippen molar-refractivity contribution in [2.75, 3.05) is 30.4 Å². The molecule has 0 saturated carbocycles. The molecule has 1 saturated heterocycles. The van der Waals surface area contributed by atoms with Crippen LogP contribution in [-0.4, -0.2) is 26.1 Å². The zero-order chi connectivity index (χ0) is 16.2. The second-order valence-electron chi connectivity index (χ2n) is 5.90. The molecule has 0 radical (unpaired) electrons. The molecule has 2 aromatic rings. The molecular formula is C19H22N2O2. The van der Waals surface area contributed by atoms with Crippen molar-refractivity contribution in [3.8, 4) is 5.75 Å². The van der Waals surface area contributed by atoms with Crippen LogP contribution in [0.4, 0.5) is 11.4 Å². The van der Waals surface area contributed by atoms with Gasteiger partial charge >= 0.3 is 0 Å². The van der Waals surface area contributed by atoms with Crippen molar-refractivity contribution in [3.05, 3.63) is 53.6 Å². The maximum Gasteiger partial charge on any atom is 0.255 e. The summed E-state index contributed by atoms with van der Waals surface area (Å²) in [5.41, 5.74) is 3.62. The minimum absolute atomic E-state index is 0.123. The third-order valence-electron chi connectivity index (χ3n) is 4.22. The monoisotopic (exact) mass is 310 g/mol. The van der Waals surface area contributed by atoms with Crippen molar-refractivity contribution in [2.45, 2.75) is 19.8 Å². The Kier molecular flexibility index (Phi) is 4.51. The Bertz CT molecular complexity index is 689. The van der Waals surface area contributed by atoms with E-state index in [2.05, 4.69) is 10.2 Å². The van der Waals surface area contributed by atoms with Crippen molar-refractivity contribution < 1.29 is 9.53 Å². The van der Waals surface area contributed by atoms with E-state index in [4.69, 9.17) is 4.74 Å². The topological polar surface area (TPSA) is 41.6 Å². The zero-order valence-electron chi connectivity index (χ0n) is 13.6. The molecule has 4 nitrogen and oxygen atoms in total. The second-order valence-corrected chi connectivity index (χ2v) is 5.90. The fourth-order valence-electron chi connectivity index (χ4n) is 2.87. The number of hydrogen-bond donors (Lipinski definition) is 1. The van der Waals surface area contributed by atoms with E-state index in [0.29, 0.717) is 17.0 Å². The molecule has 0 unspecified atom stereocenters. The molecule has 1 heterocycles. The van der Waals surface area contributed by atoms with E-state index in [9.17, 15) is 4.79 Å². The Balaban J connectivity index is 1.83. The molecule has 1 aliphatic heterocycles. The summed E-state index contributed by atoms with van der Waals surface area (Å²) < 4.78 is 5.39. The number of rotatable bonds is 4. The van der Waals surface area contributed by atoms with Crippen LogP contribution in [0.3, 0.4) is 0 Å². The molecular weight excluding hydrogens is 288 g/mol. The van der Waals surface area contributed by atoms with Crippen LogP contribution in [0, 0.1) is 6.92 Å². The third-order valence-corrected chi connectivity index (χ3v) is 4.22. The van der Waals surface area contributed by atoms with Crippen LogP contribution in [0.1, 0.15) is 28.8 Å². The molecule has 0 aromatic heterocycles. The number of amides is 1. The highest BCUT2D eigenvalue weighted by Gasteiger charge is 2.16. The Labute approximate surface area is 137 Å². The van der Waals surface area contributed by atoms with Crippen LogP contribution in [0.15, 0.2) is 42.5 Å². The van der Waals surface area contributed by atoms with Crippen LogP contribution in [-0.2, 0) is 0 Å². The number of nitrogens with zero attached hydrogens (tertiary/aromatic N) is 1. The molecule has 1 aliphatic rings. The van der Waals surface area contributed by atoms with Gasteiger partial charge in [-0.15, -0.1) is 0 Å². The number of carbonyl (C=O) groups is 1. The van der Waals surface area contributed by atoms with Crippen molar-refractivity contribution in [1.29, 1.82) is 0 Å². The second kappa shape index (κ2) is 6.73.